The van der Waals surface area contributed by atoms with Gasteiger partial charge in [-0.25, -0.2) is 4.79 Å². The van der Waals surface area contributed by atoms with E-state index in [-0.39, 0.29) is 19.6 Å². The van der Waals surface area contributed by atoms with Crippen molar-refractivity contribution in [1.82, 2.24) is 10.6 Å². The van der Waals surface area contributed by atoms with Crippen LogP contribution in [-0.4, -0.2) is 94.8 Å². The number of nitrogens with one attached hydrogen (secondary N) is 2. The highest BCUT2D eigenvalue weighted by atomic mass is 16.7. The van der Waals surface area contributed by atoms with Crippen LogP contribution in [0.2, 0.25) is 0 Å². The Balaban J connectivity index is 1.98. The molecule has 2 rings (SSSR count). The fourth-order valence-corrected chi connectivity index (χ4v) is 2.92. The molecule has 1 saturated heterocycles. The molecule has 1 aliphatic rings. The molecule has 1 heterocycles. The van der Waals surface area contributed by atoms with E-state index < -0.39 is 67.9 Å². The molecule has 3 amide bonds. The fourth-order valence-electron chi connectivity index (χ4n) is 2.92. The standard InChI is InChI=1S/C20H29N3O10/c21-14(25)6-7-22-18(29)12(23-20(30)32-9-11-4-2-1-3-5-11)10-31-19-17(28)16(27)15(26)13(8-24)33-19/h1-5,12-13,15-17,19,24,26-28H,6-10H2,(H2,21,25)(H,22,29)(H,23,30)/t12-,13+,15+,16-,17+,19+/m0/s1. The number of benzene rings is 1. The van der Waals surface area contributed by atoms with Crippen LogP contribution >= 0.6 is 0 Å². The number of nitrogens with two attached hydrogens (primary N) is 1. The second kappa shape index (κ2) is 13.0. The van der Waals surface area contributed by atoms with Crippen LogP contribution in [0.4, 0.5) is 4.79 Å². The molecule has 0 unspecified atom stereocenters. The highest BCUT2D eigenvalue weighted by Gasteiger charge is 2.44. The second-order valence-electron chi connectivity index (χ2n) is 7.30. The third kappa shape index (κ3) is 8.24. The van der Waals surface area contributed by atoms with Gasteiger partial charge in [-0.2, -0.15) is 0 Å². The largest absolute Gasteiger partial charge is 0.445 e. The Kier molecular flexibility index (Phi) is 10.4. The van der Waals surface area contributed by atoms with Gasteiger partial charge in [0.2, 0.25) is 11.8 Å². The van der Waals surface area contributed by atoms with Gasteiger partial charge in [-0.15, -0.1) is 0 Å². The van der Waals surface area contributed by atoms with E-state index in [9.17, 15) is 34.8 Å². The molecule has 1 aromatic carbocycles. The molecule has 6 atom stereocenters. The highest BCUT2D eigenvalue weighted by molar-refractivity contribution is 5.86. The number of aliphatic hydroxyl groups is 4. The summed E-state index contributed by atoms with van der Waals surface area (Å²) >= 11 is 0. The summed E-state index contributed by atoms with van der Waals surface area (Å²) in [5.74, 6) is -1.38. The van der Waals surface area contributed by atoms with Gasteiger partial charge in [0.25, 0.3) is 0 Å². The summed E-state index contributed by atoms with van der Waals surface area (Å²) in [5, 5.41) is 43.7. The lowest BCUT2D eigenvalue weighted by Gasteiger charge is -2.39. The first-order valence-electron chi connectivity index (χ1n) is 10.2. The molecular formula is C20H29N3O10. The summed E-state index contributed by atoms with van der Waals surface area (Å²) in [6.45, 7) is -1.35. The maximum Gasteiger partial charge on any atom is 0.408 e. The third-order valence-electron chi connectivity index (χ3n) is 4.77. The summed E-state index contributed by atoms with van der Waals surface area (Å²) in [6.07, 6.45) is -8.73. The lowest BCUT2D eigenvalue weighted by molar-refractivity contribution is -0.301. The zero-order valence-corrected chi connectivity index (χ0v) is 17.7. The normalized spacial score (nSPS) is 25.6. The molecule has 1 aliphatic heterocycles. The Morgan fingerprint density at radius 3 is 2.42 bits per heavy atom. The van der Waals surface area contributed by atoms with Gasteiger partial charge in [0.05, 0.1) is 13.2 Å². The number of carbonyl (C=O) groups is 3. The van der Waals surface area contributed by atoms with E-state index in [2.05, 4.69) is 10.6 Å². The Hall–Kier alpha value is -2.81. The molecule has 0 aromatic heterocycles. The van der Waals surface area contributed by atoms with Crippen molar-refractivity contribution in [1.29, 1.82) is 0 Å². The summed E-state index contributed by atoms with van der Waals surface area (Å²) < 4.78 is 15.6. The number of rotatable bonds is 11. The number of alkyl carbamates (subject to hydrolysis) is 1. The topological polar surface area (TPSA) is 210 Å². The molecule has 1 aromatic rings. The number of ether oxygens (including phenoxy) is 3. The van der Waals surface area contributed by atoms with Gasteiger partial charge >= 0.3 is 6.09 Å². The Labute approximate surface area is 189 Å². The molecule has 13 heteroatoms. The van der Waals surface area contributed by atoms with Gasteiger partial charge in [0.1, 0.15) is 37.1 Å². The molecule has 0 radical (unpaired) electrons. The highest BCUT2D eigenvalue weighted by Crippen LogP contribution is 2.22. The number of primary amides is 1. The average Bonchev–Trinajstić information content (AvgIpc) is 2.80. The van der Waals surface area contributed by atoms with E-state index in [1.807, 2.05) is 0 Å². The Morgan fingerprint density at radius 2 is 1.79 bits per heavy atom. The molecule has 1 fully saturated rings. The minimum atomic E-state index is -1.69. The molecular weight excluding hydrogens is 442 g/mol. The van der Waals surface area contributed by atoms with Gasteiger partial charge in [-0.05, 0) is 5.56 Å². The molecule has 0 spiro atoms. The fraction of sp³-hybridized carbons (Fsp3) is 0.550. The quantitative estimate of drug-likeness (QED) is 0.175. The Morgan fingerprint density at radius 1 is 1.09 bits per heavy atom. The van der Waals surface area contributed by atoms with E-state index in [0.29, 0.717) is 5.56 Å². The van der Waals surface area contributed by atoms with Gasteiger partial charge < -0.3 is 51.0 Å². The summed E-state index contributed by atoms with van der Waals surface area (Å²) in [6, 6.07) is 7.47. The van der Waals surface area contributed by atoms with Crippen LogP contribution in [0.5, 0.6) is 0 Å². The average molecular weight is 471 g/mol. The van der Waals surface area contributed by atoms with E-state index in [0.717, 1.165) is 0 Å². The van der Waals surface area contributed by atoms with Gasteiger partial charge in [0.15, 0.2) is 6.29 Å². The van der Waals surface area contributed by atoms with Crippen molar-refractivity contribution in [2.24, 2.45) is 5.73 Å². The van der Waals surface area contributed by atoms with E-state index >= 15 is 0 Å². The van der Waals surface area contributed by atoms with Gasteiger partial charge in [0, 0.05) is 13.0 Å². The molecule has 0 bridgehead atoms. The first-order chi connectivity index (χ1) is 15.7. The van der Waals surface area contributed by atoms with Crippen molar-refractivity contribution in [3.63, 3.8) is 0 Å². The molecule has 0 aliphatic carbocycles. The van der Waals surface area contributed by atoms with Crippen LogP contribution in [-0.2, 0) is 30.4 Å². The lowest BCUT2D eigenvalue weighted by Crippen LogP contribution is -2.60. The molecule has 0 saturated carbocycles. The minimum Gasteiger partial charge on any atom is -0.445 e. The van der Waals surface area contributed by atoms with E-state index in [4.69, 9.17) is 19.9 Å². The predicted molar refractivity (Wildman–Crippen MR) is 110 cm³/mol. The minimum absolute atomic E-state index is 0.0593. The third-order valence-corrected chi connectivity index (χ3v) is 4.77. The maximum absolute atomic E-state index is 12.5. The van der Waals surface area contributed by atoms with Crippen molar-refractivity contribution in [3.05, 3.63) is 35.9 Å². The van der Waals surface area contributed by atoms with Crippen LogP contribution in [0.15, 0.2) is 30.3 Å². The van der Waals surface area contributed by atoms with Crippen molar-refractivity contribution < 1.29 is 49.0 Å². The van der Waals surface area contributed by atoms with Crippen LogP contribution in [0.1, 0.15) is 12.0 Å². The van der Waals surface area contributed by atoms with Crippen molar-refractivity contribution in [3.8, 4) is 0 Å². The SMILES string of the molecule is NC(=O)CCNC(=O)[C@H](CO[C@@H]1O[C@H](CO)[C@@H](O)[C@H](O)[C@H]1O)NC(=O)OCc1ccccc1. The van der Waals surface area contributed by atoms with Gasteiger partial charge in [-0.1, -0.05) is 30.3 Å². The van der Waals surface area contributed by atoms with Gasteiger partial charge in [-0.3, -0.25) is 9.59 Å². The van der Waals surface area contributed by atoms with Crippen LogP contribution in [0, 0.1) is 0 Å². The van der Waals surface area contributed by atoms with E-state index in [1.54, 1.807) is 30.3 Å². The molecule has 184 valence electrons. The Bertz CT molecular complexity index is 779. The van der Waals surface area contributed by atoms with Crippen molar-refractivity contribution >= 4 is 17.9 Å². The zero-order valence-electron chi connectivity index (χ0n) is 17.7. The summed E-state index contributed by atoms with van der Waals surface area (Å²) in [5.41, 5.74) is 5.75. The number of amides is 3. The molecule has 33 heavy (non-hydrogen) atoms. The number of aliphatic hydroxyl groups excluding tert-OH is 4. The van der Waals surface area contributed by atoms with Crippen LogP contribution < -0.4 is 16.4 Å². The predicted octanol–water partition coefficient (Wildman–Crippen LogP) is -2.91. The first kappa shape index (κ1) is 26.4. The summed E-state index contributed by atoms with van der Waals surface area (Å²) in [7, 11) is 0. The number of carbonyl (C=O) groups excluding carboxylic acids is 3. The maximum atomic E-state index is 12.5. The van der Waals surface area contributed by atoms with Crippen molar-refractivity contribution in [2.75, 3.05) is 19.8 Å². The lowest BCUT2D eigenvalue weighted by atomic mass is 9.99. The zero-order chi connectivity index (χ0) is 24.4. The van der Waals surface area contributed by atoms with Crippen LogP contribution in [0.3, 0.4) is 0 Å². The first-order valence-corrected chi connectivity index (χ1v) is 10.2. The summed E-state index contributed by atoms with van der Waals surface area (Å²) in [4.78, 5) is 35.6. The van der Waals surface area contributed by atoms with Crippen LogP contribution in [0.25, 0.3) is 0 Å². The molecule has 8 N–H and O–H groups in total. The van der Waals surface area contributed by atoms with Crippen molar-refractivity contribution in [2.45, 2.75) is 49.8 Å². The number of hydrogen-bond donors (Lipinski definition) is 7. The number of hydrogen-bond acceptors (Lipinski definition) is 10. The van der Waals surface area contributed by atoms with E-state index in [1.165, 1.54) is 0 Å². The smallest absolute Gasteiger partial charge is 0.408 e. The second-order valence-corrected chi connectivity index (χ2v) is 7.30. The molecule has 13 nitrogen and oxygen atoms in total. The monoisotopic (exact) mass is 471 g/mol.